The van der Waals surface area contributed by atoms with Gasteiger partial charge in [-0.15, -0.1) is 0 Å². The number of hydrogen-bond donors (Lipinski definition) is 3. The van der Waals surface area contributed by atoms with Crippen molar-refractivity contribution in [2.24, 2.45) is 5.73 Å². The fraction of sp³-hybridized carbons (Fsp3) is 0.429. The lowest BCUT2D eigenvalue weighted by Gasteiger charge is -2.31. The van der Waals surface area contributed by atoms with Crippen molar-refractivity contribution in [2.45, 2.75) is 25.4 Å². The molecule has 1 aliphatic rings. The van der Waals surface area contributed by atoms with Gasteiger partial charge in [0, 0.05) is 31.2 Å². The second-order valence-corrected chi connectivity index (χ2v) is 4.95. The minimum Gasteiger partial charge on any atom is -0.465 e. The molecule has 0 saturated carbocycles. The molecule has 20 heavy (non-hydrogen) atoms. The summed E-state index contributed by atoms with van der Waals surface area (Å²) < 4.78 is 0. The van der Waals surface area contributed by atoms with Gasteiger partial charge in [0.1, 0.15) is 0 Å². The molecular weight excluding hydrogens is 258 g/mol. The molecule has 1 fully saturated rings. The maximum atomic E-state index is 12.1. The first-order valence-corrected chi connectivity index (χ1v) is 6.68. The van der Waals surface area contributed by atoms with Crippen LogP contribution in [0.3, 0.4) is 0 Å². The summed E-state index contributed by atoms with van der Waals surface area (Å²) in [5, 5.41) is 11.9. The number of carboxylic acid groups (broad SMARTS) is 1. The monoisotopic (exact) mass is 277 g/mol. The molecule has 0 bridgehead atoms. The third-order valence-electron chi connectivity index (χ3n) is 3.45. The van der Waals surface area contributed by atoms with Gasteiger partial charge in [-0.05, 0) is 30.5 Å². The topological polar surface area (TPSA) is 95.7 Å². The highest BCUT2D eigenvalue weighted by molar-refractivity contribution is 5.94. The first-order valence-electron chi connectivity index (χ1n) is 6.68. The lowest BCUT2D eigenvalue weighted by Crippen LogP contribution is -2.49. The third-order valence-corrected chi connectivity index (χ3v) is 3.45. The number of nitrogens with one attached hydrogen (secondary N) is 1. The summed E-state index contributed by atoms with van der Waals surface area (Å²) in [6.07, 6.45) is 0.626. The van der Waals surface area contributed by atoms with Gasteiger partial charge in [-0.3, -0.25) is 4.79 Å². The van der Waals surface area contributed by atoms with Crippen LogP contribution in [0.5, 0.6) is 0 Å². The molecule has 0 unspecified atom stereocenters. The maximum Gasteiger partial charge on any atom is 0.407 e. The Balaban J connectivity index is 1.98. The fourth-order valence-electron chi connectivity index (χ4n) is 2.38. The number of piperidine rings is 1. The van der Waals surface area contributed by atoms with Crippen LogP contribution in [0.25, 0.3) is 0 Å². The van der Waals surface area contributed by atoms with E-state index in [1.54, 1.807) is 18.2 Å². The molecule has 0 aliphatic carbocycles. The lowest BCUT2D eigenvalue weighted by molar-refractivity contribution is 0.0888. The van der Waals surface area contributed by atoms with Crippen LogP contribution >= 0.6 is 0 Å². The predicted octanol–water partition coefficient (Wildman–Crippen LogP) is 1.02. The molecule has 6 heteroatoms. The van der Waals surface area contributed by atoms with Crippen LogP contribution in [0.15, 0.2) is 24.3 Å². The van der Waals surface area contributed by atoms with Gasteiger partial charge in [-0.2, -0.15) is 0 Å². The molecule has 1 saturated heterocycles. The zero-order valence-electron chi connectivity index (χ0n) is 11.2. The highest BCUT2D eigenvalue weighted by Gasteiger charge is 2.24. The van der Waals surface area contributed by atoms with Gasteiger partial charge in [0.2, 0.25) is 0 Å². The van der Waals surface area contributed by atoms with E-state index in [2.05, 4.69) is 5.32 Å². The van der Waals surface area contributed by atoms with E-state index in [-0.39, 0.29) is 11.9 Å². The van der Waals surface area contributed by atoms with Crippen molar-refractivity contribution in [3.8, 4) is 0 Å². The summed E-state index contributed by atoms with van der Waals surface area (Å²) in [6.45, 7) is 1.26. The molecule has 1 aromatic carbocycles. The molecule has 108 valence electrons. The molecule has 2 amide bonds. The largest absolute Gasteiger partial charge is 0.465 e. The van der Waals surface area contributed by atoms with E-state index in [9.17, 15) is 9.59 Å². The highest BCUT2D eigenvalue weighted by Crippen LogP contribution is 2.11. The second-order valence-electron chi connectivity index (χ2n) is 4.95. The Hall–Kier alpha value is -2.08. The third kappa shape index (κ3) is 3.48. The Morgan fingerprint density at radius 3 is 2.95 bits per heavy atom. The standard InChI is InChI=1S/C14H19N3O3/c15-8-10-3-1-4-11(7-10)13(18)16-12-5-2-6-17(9-12)14(19)20/h1,3-4,7,12H,2,5-6,8-9,15H2,(H,16,18)(H,19,20)/t12-/m0/s1. The van der Waals surface area contributed by atoms with E-state index in [0.29, 0.717) is 25.2 Å². The van der Waals surface area contributed by atoms with Crippen molar-refractivity contribution in [3.63, 3.8) is 0 Å². The molecular formula is C14H19N3O3. The Morgan fingerprint density at radius 2 is 2.25 bits per heavy atom. The van der Waals surface area contributed by atoms with Crippen LogP contribution in [-0.4, -0.2) is 41.1 Å². The second kappa shape index (κ2) is 6.38. The summed E-state index contributed by atoms with van der Waals surface area (Å²) in [6, 6.07) is 7.01. The quantitative estimate of drug-likeness (QED) is 0.768. The Morgan fingerprint density at radius 1 is 1.45 bits per heavy atom. The van der Waals surface area contributed by atoms with E-state index < -0.39 is 6.09 Å². The average Bonchev–Trinajstić information content (AvgIpc) is 2.47. The van der Waals surface area contributed by atoms with Crippen LogP contribution in [0.2, 0.25) is 0 Å². The SMILES string of the molecule is NCc1cccc(C(=O)N[C@H]2CCCN(C(=O)O)C2)c1. The summed E-state index contributed by atoms with van der Waals surface area (Å²) in [4.78, 5) is 24.4. The van der Waals surface area contributed by atoms with Crippen LogP contribution in [0, 0.1) is 0 Å². The molecule has 0 aromatic heterocycles. The molecule has 4 N–H and O–H groups in total. The minimum atomic E-state index is -0.936. The van der Waals surface area contributed by atoms with Crippen molar-refractivity contribution in [3.05, 3.63) is 35.4 Å². The van der Waals surface area contributed by atoms with Crippen LogP contribution in [0.4, 0.5) is 4.79 Å². The highest BCUT2D eigenvalue weighted by atomic mass is 16.4. The normalized spacial score (nSPS) is 18.6. The first kappa shape index (κ1) is 14.3. The number of benzene rings is 1. The van der Waals surface area contributed by atoms with Gasteiger partial charge < -0.3 is 21.1 Å². The Kier molecular flexibility index (Phi) is 4.57. The van der Waals surface area contributed by atoms with Crippen LogP contribution in [0.1, 0.15) is 28.8 Å². The molecule has 1 heterocycles. The minimum absolute atomic E-state index is 0.131. The maximum absolute atomic E-state index is 12.1. The zero-order valence-corrected chi connectivity index (χ0v) is 11.2. The number of likely N-dealkylation sites (tertiary alicyclic amines) is 1. The molecule has 6 nitrogen and oxygen atoms in total. The van der Waals surface area contributed by atoms with Gasteiger partial charge in [0.05, 0.1) is 0 Å². The van der Waals surface area contributed by atoms with E-state index in [4.69, 9.17) is 10.8 Å². The van der Waals surface area contributed by atoms with Crippen LogP contribution < -0.4 is 11.1 Å². The number of carbonyl (C=O) groups excluding carboxylic acids is 1. The fourth-order valence-corrected chi connectivity index (χ4v) is 2.38. The molecule has 1 aliphatic heterocycles. The van der Waals surface area contributed by atoms with Gasteiger partial charge in [0.25, 0.3) is 5.91 Å². The van der Waals surface area contributed by atoms with E-state index in [1.807, 2.05) is 6.07 Å². The Bertz CT molecular complexity index is 504. The molecule has 0 spiro atoms. The number of nitrogens with zero attached hydrogens (tertiary/aromatic N) is 1. The smallest absolute Gasteiger partial charge is 0.407 e. The van der Waals surface area contributed by atoms with Gasteiger partial charge in [0.15, 0.2) is 0 Å². The molecule has 0 radical (unpaired) electrons. The number of carbonyl (C=O) groups is 2. The van der Waals surface area contributed by atoms with Crippen molar-refractivity contribution in [2.75, 3.05) is 13.1 Å². The van der Waals surface area contributed by atoms with Crippen molar-refractivity contribution >= 4 is 12.0 Å². The summed E-state index contributed by atoms with van der Waals surface area (Å²) in [5.74, 6) is -0.183. The Labute approximate surface area is 117 Å². The van der Waals surface area contributed by atoms with Gasteiger partial charge >= 0.3 is 6.09 Å². The van der Waals surface area contributed by atoms with Crippen molar-refractivity contribution in [1.29, 1.82) is 0 Å². The predicted molar refractivity (Wildman–Crippen MR) is 74.4 cm³/mol. The van der Waals surface area contributed by atoms with E-state index >= 15 is 0 Å². The summed E-state index contributed by atoms with van der Waals surface area (Å²) in [5.41, 5.74) is 7.00. The lowest BCUT2D eigenvalue weighted by atomic mass is 10.0. The summed E-state index contributed by atoms with van der Waals surface area (Å²) in [7, 11) is 0. The zero-order chi connectivity index (χ0) is 14.5. The molecule has 1 aromatic rings. The number of amides is 2. The van der Waals surface area contributed by atoms with Crippen molar-refractivity contribution < 1.29 is 14.7 Å². The van der Waals surface area contributed by atoms with E-state index in [1.165, 1.54) is 4.90 Å². The molecule has 1 atom stereocenters. The first-order chi connectivity index (χ1) is 9.60. The molecule has 2 rings (SSSR count). The van der Waals surface area contributed by atoms with E-state index in [0.717, 1.165) is 18.4 Å². The summed E-state index contributed by atoms with van der Waals surface area (Å²) >= 11 is 0. The number of nitrogens with two attached hydrogens (primary N) is 1. The number of rotatable bonds is 3. The van der Waals surface area contributed by atoms with Crippen molar-refractivity contribution in [1.82, 2.24) is 10.2 Å². The van der Waals surface area contributed by atoms with Gasteiger partial charge in [-0.25, -0.2) is 4.79 Å². The van der Waals surface area contributed by atoms with Gasteiger partial charge in [-0.1, -0.05) is 12.1 Å². The average molecular weight is 277 g/mol. The van der Waals surface area contributed by atoms with Crippen LogP contribution in [-0.2, 0) is 6.54 Å². The number of hydrogen-bond acceptors (Lipinski definition) is 3.